The Labute approximate surface area is 92.1 Å². The third-order valence-electron chi connectivity index (χ3n) is 3.32. The molecule has 0 aliphatic heterocycles. The van der Waals surface area contributed by atoms with Crippen LogP contribution < -0.4 is 5.73 Å². The first-order valence-electron chi connectivity index (χ1n) is 5.87. The third kappa shape index (κ3) is 3.70. The number of hydrogen-bond donors (Lipinski definition) is 2. The van der Waals surface area contributed by atoms with Gasteiger partial charge < -0.3 is 10.9 Å². The molecule has 0 amide bonds. The van der Waals surface area contributed by atoms with E-state index in [4.69, 9.17) is 10.9 Å². The summed E-state index contributed by atoms with van der Waals surface area (Å²) in [5, 5.41) is 11.6. The lowest BCUT2D eigenvalue weighted by molar-refractivity contribution is 0.157. The van der Waals surface area contributed by atoms with Gasteiger partial charge in [0.15, 0.2) is 5.84 Å². The molecule has 3 N–H and O–H groups in total. The Morgan fingerprint density at radius 2 is 2.27 bits per heavy atom. The number of nitrogens with two attached hydrogens (primary N) is 1. The van der Waals surface area contributed by atoms with Crippen molar-refractivity contribution < 1.29 is 5.21 Å². The molecule has 0 aromatic rings. The summed E-state index contributed by atoms with van der Waals surface area (Å²) in [6, 6.07) is 0.610. The van der Waals surface area contributed by atoms with Crippen LogP contribution in [0.25, 0.3) is 0 Å². The molecule has 1 saturated carbocycles. The Bertz CT molecular complexity index is 218. The van der Waals surface area contributed by atoms with E-state index in [0.29, 0.717) is 18.4 Å². The Morgan fingerprint density at radius 1 is 1.53 bits per heavy atom. The van der Waals surface area contributed by atoms with Gasteiger partial charge in [0.2, 0.25) is 0 Å². The fourth-order valence-corrected chi connectivity index (χ4v) is 2.47. The van der Waals surface area contributed by atoms with E-state index in [1.54, 1.807) is 0 Å². The summed E-state index contributed by atoms with van der Waals surface area (Å²) in [7, 11) is 0. The quantitative estimate of drug-likeness (QED) is 0.323. The normalized spacial score (nSPS) is 28.3. The minimum Gasteiger partial charge on any atom is -0.409 e. The van der Waals surface area contributed by atoms with Gasteiger partial charge in [-0.05, 0) is 25.3 Å². The van der Waals surface area contributed by atoms with Crippen LogP contribution in [-0.2, 0) is 0 Å². The van der Waals surface area contributed by atoms with Crippen molar-refractivity contribution in [3.8, 4) is 0 Å². The van der Waals surface area contributed by atoms with Crippen LogP contribution in [0, 0.1) is 5.92 Å². The van der Waals surface area contributed by atoms with E-state index in [0.717, 1.165) is 12.5 Å². The minimum absolute atomic E-state index is 0.315. The van der Waals surface area contributed by atoms with Crippen LogP contribution >= 0.6 is 0 Å². The number of hydrogen-bond acceptors (Lipinski definition) is 3. The maximum atomic E-state index is 8.57. The van der Waals surface area contributed by atoms with Crippen LogP contribution in [0.15, 0.2) is 5.16 Å². The third-order valence-corrected chi connectivity index (χ3v) is 3.32. The molecule has 0 radical (unpaired) electrons. The predicted molar refractivity (Wildman–Crippen MR) is 62.1 cm³/mol. The Balaban J connectivity index is 2.49. The van der Waals surface area contributed by atoms with Crippen molar-refractivity contribution in [1.29, 1.82) is 0 Å². The molecule has 2 atom stereocenters. The average Bonchev–Trinajstić information content (AvgIpc) is 2.25. The van der Waals surface area contributed by atoms with E-state index in [-0.39, 0.29) is 0 Å². The molecule has 88 valence electrons. The van der Waals surface area contributed by atoms with Crippen LogP contribution in [0.3, 0.4) is 0 Å². The number of oxime groups is 1. The van der Waals surface area contributed by atoms with Gasteiger partial charge in [-0.15, -0.1) is 0 Å². The molecular weight excluding hydrogens is 190 g/mol. The molecule has 0 spiro atoms. The van der Waals surface area contributed by atoms with Crippen LogP contribution in [0.1, 0.15) is 39.5 Å². The first-order chi connectivity index (χ1) is 7.17. The molecule has 4 nitrogen and oxygen atoms in total. The van der Waals surface area contributed by atoms with Gasteiger partial charge in [-0.2, -0.15) is 0 Å². The number of rotatable bonds is 4. The molecule has 15 heavy (non-hydrogen) atoms. The molecule has 0 bridgehead atoms. The smallest absolute Gasteiger partial charge is 0.153 e. The van der Waals surface area contributed by atoms with Gasteiger partial charge in [0, 0.05) is 6.04 Å². The average molecular weight is 213 g/mol. The highest BCUT2D eigenvalue weighted by atomic mass is 16.4. The molecule has 1 aliphatic rings. The summed E-state index contributed by atoms with van der Waals surface area (Å²) in [5.74, 6) is 1.13. The minimum atomic E-state index is 0.315. The number of amidine groups is 1. The summed E-state index contributed by atoms with van der Waals surface area (Å²) in [6.45, 7) is 5.99. The zero-order valence-corrected chi connectivity index (χ0v) is 9.82. The zero-order valence-electron chi connectivity index (χ0n) is 9.82. The Hall–Kier alpha value is -0.770. The maximum Gasteiger partial charge on any atom is 0.153 e. The summed E-state index contributed by atoms with van der Waals surface area (Å²) < 4.78 is 0. The molecule has 0 saturated heterocycles. The molecule has 1 aliphatic carbocycles. The second kappa shape index (κ2) is 5.95. The van der Waals surface area contributed by atoms with Crippen LogP contribution in [0.4, 0.5) is 0 Å². The summed E-state index contributed by atoms with van der Waals surface area (Å²) in [4.78, 5) is 2.31. The van der Waals surface area contributed by atoms with Crippen LogP contribution in [0.5, 0.6) is 0 Å². The largest absolute Gasteiger partial charge is 0.409 e. The molecule has 2 unspecified atom stereocenters. The maximum absolute atomic E-state index is 8.57. The number of nitrogens with zero attached hydrogens (tertiary/aromatic N) is 2. The van der Waals surface area contributed by atoms with Crippen molar-refractivity contribution >= 4 is 5.84 Å². The fraction of sp³-hybridized carbons (Fsp3) is 0.909. The summed E-state index contributed by atoms with van der Waals surface area (Å²) >= 11 is 0. The lowest BCUT2D eigenvalue weighted by atomic mass is 9.86. The van der Waals surface area contributed by atoms with Crippen molar-refractivity contribution in [2.75, 3.05) is 13.1 Å². The van der Waals surface area contributed by atoms with Gasteiger partial charge in [-0.3, -0.25) is 4.90 Å². The monoisotopic (exact) mass is 213 g/mol. The van der Waals surface area contributed by atoms with E-state index < -0.39 is 0 Å². The molecule has 0 heterocycles. The molecular formula is C11H23N3O. The predicted octanol–water partition coefficient (Wildman–Crippen LogP) is 1.63. The first-order valence-corrected chi connectivity index (χ1v) is 5.87. The topological polar surface area (TPSA) is 61.8 Å². The zero-order chi connectivity index (χ0) is 11.3. The van der Waals surface area contributed by atoms with Gasteiger partial charge >= 0.3 is 0 Å². The van der Waals surface area contributed by atoms with Crippen molar-refractivity contribution in [2.45, 2.75) is 45.6 Å². The molecule has 0 aromatic carbocycles. The molecule has 1 rings (SSSR count). The molecule has 4 heteroatoms. The van der Waals surface area contributed by atoms with Crippen molar-refractivity contribution in [3.05, 3.63) is 0 Å². The van der Waals surface area contributed by atoms with Crippen molar-refractivity contribution in [1.82, 2.24) is 4.90 Å². The fourth-order valence-electron chi connectivity index (χ4n) is 2.47. The van der Waals surface area contributed by atoms with Gasteiger partial charge in [-0.25, -0.2) is 0 Å². The van der Waals surface area contributed by atoms with Gasteiger partial charge in [-0.1, -0.05) is 31.8 Å². The van der Waals surface area contributed by atoms with E-state index in [2.05, 4.69) is 23.9 Å². The summed E-state index contributed by atoms with van der Waals surface area (Å²) in [6.07, 6.45) is 5.14. The molecule has 1 fully saturated rings. The lowest BCUT2D eigenvalue weighted by Crippen LogP contribution is -2.43. The second-order valence-corrected chi connectivity index (χ2v) is 4.58. The van der Waals surface area contributed by atoms with E-state index in [1.807, 2.05) is 0 Å². The Morgan fingerprint density at radius 3 is 2.80 bits per heavy atom. The SMILES string of the molecule is CCN(CC(N)=NO)C1CCCC(C)C1. The van der Waals surface area contributed by atoms with E-state index >= 15 is 0 Å². The van der Waals surface area contributed by atoms with E-state index in [1.165, 1.54) is 25.7 Å². The van der Waals surface area contributed by atoms with Gasteiger partial charge in [0.1, 0.15) is 0 Å². The first kappa shape index (κ1) is 12.3. The highest BCUT2D eigenvalue weighted by Gasteiger charge is 2.24. The van der Waals surface area contributed by atoms with E-state index in [9.17, 15) is 0 Å². The highest BCUT2D eigenvalue weighted by Crippen LogP contribution is 2.26. The van der Waals surface area contributed by atoms with Crippen LogP contribution in [0.2, 0.25) is 0 Å². The van der Waals surface area contributed by atoms with Crippen molar-refractivity contribution in [2.24, 2.45) is 16.8 Å². The second-order valence-electron chi connectivity index (χ2n) is 4.58. The summed E-state index contributed by atoms with van der Waals surface area (Å²) in [5.41, 5.74) is 5.55. The standard InChI is InChI=1S/C11H23N3O/c1-3-14(8-11(12)13-15)10-6-4-5-9(2)7-10/h9-10,15H,3-8H2,1-2H3,(H2,12,13). The van der Waals surface area contributed by atoms with Crippen LogP contribution in [-0.4, -0.2) is 35.1 Å². The van der Waals surface area contributed by atoms with Gasteiger partial charge in [0.25, 0.3) is 0 Å². The lowest BCUT2D eigenvalue weighted by Gasteiger charge is -2.35. The van der Waals surface area contributed by atoms with Crippen molar-refractivity contribution in [3.63, 3.8) is 0 Å². The van der Waals surface area contributed by atoms with Gasteiger partial charge in [0.05, 0.1) is 6.54 Å². The highest BCUT2D eigenvalue weighted by molar-refractivity contribution is 5.81. The Kier molecular flexibility index (Phi) is 4.88. The number of likely N-dealkylation sites (N-methyl/N-ethyl adjacent to an activating group) is 1. The molecule has 0 aromatic heterocycles.